The maximum Gasteiger partial charge on any atom is 0.320 e. The van der Waals surface area contributed by atoms with Crippen LogP contribution in [0.3, 0.4) is 0 Å². The lowest BCUT2D eigenvalue weighted by Gasteiger charge is -2.22. The molecule has 3 aromatic rings. The number of rotatable bonds is 6. The third-order valence-corrected chi connectivity index (χ3v) is 6.28. The van der Waals surface area contributed by atoms with Gasteiger partial charge in [-0.15, -0.1) is 0 Å². The Kier molecular flexibility index (Phi) is 7.45. The molecule has 3 N–H and O–H groups in total. The van der Waals surface area contributed by atoms with Crippen LogP contribution in [0.1, 0.15) is 30.0 Å². The van der Waals surface area contributed by atoms with Gasteiger partial charge >= 0.3 is 6.03 Å². The number of anilines is 3. The van der Waals surface area contributed by atoms with Crippen molar-refractivity contribution in [1.82, 2.24) is 5.32 Å². The van der Waals surface area contributed by atoms with Crippen LogP contribution in [-0.4, -0.2) is 23.5 Å². The van der Waals surface area contributed by atoms with Crippen LogP contribution in [0.2, 0.25) is 5.02 Å². The molecule has 1 atom stereocenters. The predicted molar refractivity (Wildman–Crippen MR) is 142 cm³/mol. The largest absolute Gasteiger partial charge is 0.336 e. The Morgan fingerprint density at radius 2 is 1.68 bits per heavy atom. The molecule has 4 rings (SSSR count). The van der Waals surface area contributed by atoms with Crippen LogP contribution in [0.5, 0.6) is 0 Å². The number of carbonyl (C=O) groups is 2. The number of nitrogens with zero attached hydrogens (tertiary/aromatic N) is 1. The van der Waals surface area contributed by atoms with E-state index in [1.165, 1.54) is 0 Å². The minimum Gasteiger partial charge on any atom is -0.336 e. The summed E-state index contributed by atoms with van der Waals surface area (Å²) >= 11 is 11.4. The highest BCUT2D eigenvalue weighted by Gasteiger charge is 2.24. The molecular weight excluding hydrogens is 468 g/mol. The van der Waals surface area contributed by atoms with Crippen molar-refractivity contribution in [2.75, 3.05) is 22.1 Å². The van der Waals surface area contributed by atoms with Crippen LogP contribution in [0.4, 0.5) is 21.9 Å². The average Bonchev–Trinajstić information content (AvgIpc) is 3.25. The summed E-state index contributed by atoms with van der Waals surface area (Å²) in [6.07, 6.45) is 1.98. The van der Waals surface area contributed by atoms with Gasteiger partial charge in [0.05, 0.1) is 4.99 Å². The zero-order chi connectivity index (χ0) is 24.1. The van der Waals surface area contributed by atoms with E-state index in [1.807, 2.05) is 43.3 Å². The minimum atomic E-state index is -0.889. The maximum atomic E-state index is 13.2. The van der Waals surface area contributed by atoms with E-state index in [4.69, 9.17) is 23.8 Å². The molecule has 0 spiro atoms. The van der Waals surface area contributed by atoms with Crippen LogP contribution in [0.25, 0.3) is 0 Å². The number of nitrogens with one attached hydrogen (secondary N) is 3. The van der Waals surface area contributed by atoms with E-state index in [0.29, 0.717) is 22.0 Å². The quantitative estimate of drug-likeness (QED) is 0.365. The van der Waals surface area contributed by atoms with Gasteiger partial charge in [-0.05, 0) is 73.4 Å². The molecule has 8 heteroatoms. The number of benzene rings is 3. The molecule has 1 saturated heterocycles. The average molecular weight is 493 g/mol. The Morgan fingerprint density at radius 1 is 0.971 bits per heavy atom. The van der Waals surface area contributed by atoms with Crippen LogP contribution in [-0.2, 0) is 4.79 Å². The van der Waals surface area contributed by atoms with E-state index in [0.717, 1.165) is 35.6 Å². The SMILES string of the molecule is Cc1cc(NC(=O)C(NC(=O)Nc2ccc(Cl)cc2)c2ccccc2)ccc1N1CCCC1=S. The third-order valence-electron chi connectivity index (χ3n) is 5.60. The van der Waals surface area contributed by atoms with Crippen molar-refractivity contribution in [3.63, 3.8) is 0 Å². The highest BCUT2D eigenvalue weighted by Crippen LogP contribution is 2.28. The van der Waals surface area contributed by atoms with Crippen LogP contribution in [0, 0.1) is 6.92 Å². The van der Waals surface area contributed by atoms with Crippen molar-refractivity contribution in [2.24, 2.45) is 0 Å². The molecule has 1 unspecified atom stereocenters. The lowest BCUT2D eigenvalue weighted by molar-refractivity contribution is -0.118. The monoisotopic (exact) mass is 492 g/mol. The van der Waals surface area contributed by atoms with Gasteiger partial charge < -0.3 is 20.9 Å². The van der Waals surface area contributed by atoms with Gasteiger partial charge in [-0.1, -0.05) is 54.2 Å². The molecule has 3 amide bonds. The fourth-order valence-corrected chi connectivity index (χ4v) is 4.39. The predicted octanol–water partition coefficient (Wildman–Crippen LogP) is 6.08. The molecule has 1 fully saturated rings. The van der Waals surface area contributed by atoms with Crippen LogP contribution >= 0.6 is 23.8 Å². The fourth-order valence-electron chi connectivity index (χ4n) is 3.93. The zero-order valence-corrected chi connectivity index (χ0v) is 20.2. The Morgan fingerprint density at radius 3 is 2.32 bits per heavy atom. The molecule has 34 heavy (non-hydrogen) atoms. The number of halogens is 1. The number of urea groups is 1. The summed E-state index contributed by atoms with van der Waals surface area (Å²) in [6, 6.07) is 20.2. The molecule has 1 heterocycles. The standard InChI is InChI=1S/C26H25ClN4O2S/c1-17-16-21(13-14-22(17)31-15-5-8-23(31)34)28-25(32)24(18-6-3-2-4-7-18)30-26(33)29-20-11-9-19(27)10-12-20/h2-4,6-7,9-14,16,24H,5,8,15H2,1H3,(H,28,32)(H2,29,30,33). The van der Waals surface area contributed by atoms with Crippen molar-refractivity contribution in [3.8, 4) is 0 Å². The summed E-state index contributed by atoms with van der Waals surface area (Å²) in [5, 5.41) is 9.01. The summed E-state index contributed by atoms with van der Waals surface area (Å²) in [7, 11) is 0. The van der Waals surface area contributed by atoms with Gasteiger partial charge in [0.15, 0.2) is 0 Å². The van der Waals surface area contributed by atoms with Gasteiger partial charge in [0.2, 0.25) is 0 Å². The van der Waals surface area contributed by atoms with Crippen molar-refractivity contribution >= 4 is 57.8 Å². The van der Waals surface area contributed by atoms with Crippen LogP contribution < -0.4 is 20.9 Å². The van der Waals surface area contributed by atoms with Crippen molar-refractivity contribution < 1.29 is 9.59 Å². The van der Waals surface area contributed by atoms with E-state index >= 15 is 0 Å². The Hall–Kier alpha value is -3.42. The van der Waals surface area contributed by atoms with Gasteiger partial charge in [0.1, 0.15) is 6.04 Å². The third kappa shape index (κ3) is 5.73. The lowest BCUT2D eigenvalue weighted by Crippen LogP contribution is -2.39. The van der Waals surface area contributed by atoms with Gasteiger partial charge in [-0.25, -0.2) is 4.79 Å². The summed E-state index contributed by atoms with van der Waals surface area (Å²) in [5.41, 5.74) is 3.96. The minimum absolute atomic E-state index is 0.346. The molecule has 174 valence electrons. The van der Waals surface area contributed by atoms with E-state index < -0.39 is 12.1 Å². The molecule has 0 radical (unpaired) electrons. The van der Waals surface area contributed by atoms with E-state index in [2.05, 4.69) is 20.9 Å². The zero-order valence-electron chi connectivity index (χ0n) is 18.7. The van der Waals surface area contributed by atoms with Gasteiger partial charge in [-0.3, -0.25) is 4.79 Å². The second-order valence-corrected chi connectivity index (χ2v) is 9.00. The van der Waals surface area contributed by atoms with Gasteiger partial charge in [-0.2, -0.15) is 0 Å². The first kappa shape index (κ1) is 23.7. The number of aryl methyl sites for hydroxylation is 1. The lowest BCUT2D eigenvalue weighted by atomic mass is 10.1. The van der Waals surface area contributed by atoms with Gasteiger partial charge in [0.25, 0.3) is 5.91 Å². The molecule has 1 aliphatic rings. The van der Waals surface area contributed by atoms with Crippen molar-refractivity contribution in [1.29, 1.82) is 0 Å². The number of hydrogen-bond donors (Lipinski definition) is 3. The Balaban J connectivity index is 1.49. The van der Waals surface area contributed by atoms with E-state index in [1.54, 1.807) is 36.4 Å². The number of amides is 3. The first-order valence-corrected chi connectivity index (χ1v) is 11.8. The smallest absolute Gasteiger partial charge is 0.320 e. The molecule has 6 nitrogen and oxygen atoms in total. The first-order valence-electron chi connectivity index (χ1n) is 11.0. The second-order valence-electron chi connectivity index (χ2n) is 8.09. The Labute approximate surface area is 209 Å². The highest BCUT2D eigenvalue weighted by atomic mass is 35.5. The Bertz CT molecular complexity index is 1200. The molecule has 0 bridgehead atoms. The molecule has 1 aliphatic heterocycles. The molecular formula is C26H25ClN4O2S. The highest BCUT2D eigenvalue weighted by molar-refractivity contribution is 7.80. The van der Waals surface area contributed by atoms with Gasteiger partial charge in [0, 0.05) is 28.6 Å². The summed E-state index contributed by atoms with van der Waals surface area (Å²) in [4.78, 5) is 29.0. The first-order chi connectivity index (χ1) is 16.4. The summed E-state index contributed by atoms with van der Waals surface area (Å²) in [5.74, 6) is -0.346. The molecule has 0 saturated carbocycles. The number of thiocarbonyl (C=S) groups is 1. The van der Waals surface area contributed by atoms with E-state index in [9.17, 15) is 9.59 Å². The molecule has 3 aromatic carbocycles. The topological polar surface area (TPSA) is 73.5 Å². The second kappa shape index (κ2) is 10.7. The number of hydrogen-bond acceptors (Lipinski definition) is 3. The maximum absolute atomic E-state index is 13.2. The van der Waals surface area contributed by atoms with Crippen molar-refractivity contribution in [3.05, 3.63) is 88.9 Å². The summed E-state index contributed by atoms with van der Waals surface area (Å²) in [6.45, 7) is 2.91. The van der Waals surface area contributed by atoms with E-state index in [-0.39, 0.29) is 5.91 Å². The summed E-state index contributed by atoms with van der Waals surface area (Å²) < 4.78 is 0. The molecule has 0 aliphatic carbocycles. The van der Waals surface area contributed by atoms with Crippen molar-refractivity contribution in [2.45, 2.75) is 25.8 Å². The molecule has 0 aromatic heterocycles. The number of carbonyl (C=O) groups excluding carboxylic acids is 2. The normalized spacial score (nSPS) is 13.9. The fraction of sp³-hybridized carbons (Fsp3) is 0.192. The van der Waals surface area contributed by atoms with Crippen LogP contribution in [0.15, 0.2) is 72.8 Å².